The van der Waals surface area contributed by atoms with Crippen molar-refractivity contribution in [1.82, 2.24) is 0 Å². The summed E-state index contributed by atoms with van der Waals surface area (Å²) in [6, 6.07) is 0. The molecule has 0 unspecified atom stereocenters. The largest absolute Gasteiger partial charge is 0.463 e. The average Bonchev–Trinajstić information content (AvgIpc) is 3.04. The molecule has 0 heterocycles. The Morgan fingerprint density at radius 3 is 2.74 bits per heavy atom. The number of ether oxygens (including phenoxy) is 1. The van der Waals surface area contributed by atoms with Crippen molar-refractivity contribution in [1.29, 1.82) is 0 Å². The molecular weight excluding hydrogens is 240 g/mol. The number of fused-ring (bicyclic) bond motifs is 5. The third-order valence-corrected chi connectivity index (χ3v) is 4.56. The lowest BCUT2D eigenvalue weighted by Gasteiger charge is -2.21. The first-order chi connectivity index (χ1) is 9.19. The monoisotopic (exact) mass is 258 g/mol. The standard InChI is InChI=1S/C16H18O3/c1-3-5-11-14(16(18)19-4-2)12-9-6-7-10(8-9)13(12)15(11)17/h3,6-7,9-10,12-13H,1,4-5,8H2,2H3/t9-,10+,12-,13+/m0/s1. The number of carbonyl (C=O) groups is 2. The predicted octanol–water partition coefficient (Wildman–Crippen LogP) is 2.44. The molecule has 2 bridgehead atoms. The van der Waals surface area contributed by atoms with Crippen LogP contribution in [0.5, 0.6) is 0 Å². The van der Waals surface area contributed by atoms with Crippen LogP contribution in [-0.4, -0.2) is 18.4 Å². The lowest BCUT2D eigenvalue weighted by atomic mass is 9.82. The molecule has 0 N–H and O–H groups in total. The van der Waals surface area contributed by atoms with Crippen LogP contribution >= 0.6 is 0 Å². The normalized spacial score (nSPS) is 34.9. The van der Waals surface area contributed by atoms with E-state index < -0.39 is 0 Å². The van der Waals surface area contributed by atoms with Crippen LogP contribution in [-0.2, 0) is 14.3 Å². The third-order valence-electron chi connectivity index (χ3n) is 4.56. The van der Waals surface area contributed by atoms with E-state index in [4.69, 9.17) is 4.74 Å². The van der Waals surface area contributed by atoms with Crippen LogP contribution < -0.4 is 0 Å². The molecule has 0 aromatic carbocycles. The molecule has 0 amide bonds. The molecule has 3 aliphatic rings. The highest BCUT2D eigenvalue weighted by Crippen LogP contribution is 2.56. The molecule has 0 saturated heterocycles. The second-order valence-electron chi connectivity index (χ2n) is 5.47. The van der Waals surface area contributed by atoms with Gasteiger partial charge in [0.15, 0.2) is 5.78 Å². The van der Waals surface area contributed by atoms with E-state index in [9.17, 15) is 9.59 Å². The van der Waals surface area contributed by atoms with Gasteiger partial charge < -0.3 is 4.74 Å². The summed E-state index contributed by atoms with van der Waals surface area (Å²) in [6.45, 7) is 5.83. The van der Waals surface area contributed by atoms with Crippen molar-refractivity contribution in [2.45, 2.75) is 19.8 Å². The Labute approximate surface area is 113 Å². The summed E-state index contributed by atoms with van der Waals surface area (Å²) in [7, 11) is 0. The van der Waals surface area contributed by atoms with Gasteiger partial charge in [0.2, 0.25) is 0 Å². The number of ketones is 1. The van der Waals surface area contributed by atoms with Gasteiger partial charge in [-0.2, -0.15) is 0 Å². The number of hydrogen-bond acceptors (Lipinski definition) is 3. The molecule has 100 valence electrons. The Morgan fingerprint density at radius 1 is 1.42 bits per heavy atom. The lowest BCUT2D eigenvalue weighted by molar-refractivity contribution is -0.139. The molecular formula is C16H18O3. The van der Waals surface area contributed by atoms with Gasteiger partial charge in [0.1, 0.15) is 0 Å². The summed E-state index contributed by atoms with van der Waals surface area (Å²) in [5.41, 5.74) is 1.27. The molecule has 3 heteroatoms. The van der Waals surface area contributed by atoms with E-state index in [-0.39, 0.29) is 23.6 Å². The van der Waals surface area contributed by atoms with Crippen LogP contribution in [0.4, 0.5) is 0 Å². The van der Waals surface area contributed by atoms with E-state index in [0.29, 0.717) is 36.0 Å². The molecule has 3 rings (SSSR count). The van der Waals surface area contributed by atoms with Gasteiger partial charge in [-0.1, -0.05) is 18.2 Å². The smallest absolute Gasteiger partial charge is 0.334 e. The number of allylic oxidation sites excluding steroid dienone is 4. The summed E-state index contributed by atoms with van der Waals surface area (Å²) < 4.78 is 5.16. The van der Waals surface area contributed by atoms with Crippen molar-refractivity contribution in [3.63, 3.8) is 0 Å². The van der Waals surface area contributed by atoms with Gasteiger partial charge in [0, 0.05) is 23.0 Å². The Hall–Kier alpha value is -1.64. The van der Waals surface area contributed by atoms with E-state index in [0.717, 1.165) is 6.42 Å². The number of esters is 1. The predicted molar refractivity (Wildman–Crippen MR) is 71.2 cm³/mol. The zero-order valence-electron chi connectivity index (χ0n) is 11.1. The fourth-order valence-corrected chi connectivity index (χ4v) is 3.93. The van der Waals surface area contributed by atoms with Crippen LogP contribution in [0.15, 0.2) is 36.0 Å². The maximum atomic E-state index is 12.5. The highest BCUT2D eigenvalue weighted by atomic mass is 16.5. The number of hydrogen-bond donors (Lipinski definition) is 0. The van der Waals surface area contributed by atoms with Crippen molar-refractivity contribution in [3.05, 3.63) is 36.0 Å². The van der Waals surface area contributed by atoms with E-state index in [1.807, 2.05) is 0 Å². The fraction of sp³-hybridized carbons (Fsp3) is 0.500. The Morgan fingerprint density at radius 2 is 2.11 bits per heavy atom. The van der Waals surface area contributed by atoms with Crippen molar-refractivity contribution >= 4 is 11.8 Å². The summed E-state index contributed by atoms with van der Waals surface area (Å²) in [5.74, 6) is 0.515. The van der Waals surface area contributed by atoms with Gasteiger partial charge in [-0.15, -0.1) is 6.58 Å². The average molecular weight is 258 g/mol. The van der Waals surface area contributed by atoms with Crippen molar-refractivity contribution < 1.29 is 14.3 Å². The summed E-state index contributed by atoms with van der Waals surface area (Å²) in [6.07, 6.45) is 7.48. The first-order valence-corrected chi connectivity index (χ1v) is 6.92. The molecule has 1 fully saturated rings. The van der Waals surface area contributed by atoms with Gasteiger partial charge in [-0.25, -0.2) is 4.79 Å². The third kappa shape index (κ3) is 1.64. The molecule has 0 aromatic rings. The van der Waals surface area contributed by atoms with Crippen LogP contribution in [0.2, 0.25) is 0 Å². The second kappa shape index (κ2) is 4.48. The Balaban J connectivity index is 2.02. The number of rotatable bonds is 4. The summed E-state index contributed by atoms with van der Waals surface area (Å²) in [4.78, 5) is 24.7. The molecule has 3 aliphatic carbocycles. The van der Waals surface area contributed by atoms with Crippen molar-refractivity contribution in [3.8, 4) is 0 Å². The quantitative estimate of drug-likeness (QED) is 0.574. The van der Waals surface area contributed by atoms with Crippen LogP contribution in [0.3, 0.4) is 0 Å². The number of Topliss-reactive ketones (excluding diaryl/α,β-unsaturated/α-hetero) is 1. The first-order valence-electron chi connectivity index (χ1n) is 6.92. The van der Waals surface area contributed by atoms with E-state index >= 15 is 0 Å². The van der Waals surface area contributed by atoms with E-state index in [1.165, 1.54) is 0 Å². The van der Waals surface area contributed by atoms with E-state index in [1.54, 1.807) is 13.0 Å². The summed E-state index contributed by atoms with van der Waals surface area (Å²) in [5, 5.41) is 0. The van der Waals surface area contributed by atoms with Crippen LogP contribution in [0.1, 0.15) is 19.8 Å². The van der Waals surface area contributed by atoms with E-state index in [2.05, 4.69) is 18.7 Å². The molecule has 0 aliphatic heterocycles. The van der Waals surface area contributed by atoms with Crippen molar-refractivity contribution in [2.24, 2.45) is 23.7 Å². The minimum absolute atomic E-state index is 0.0237. The number of carbonyl (C=O) groups excluding carboxylic acids is 2. The minimum Gasteiger partial charge on any atom is -0.463 e. The highest BCUT2D eigenvalue weighted by molar-refractivity contribution is 6.10. The topological polar surface area (TPSA) is 43.4 Å². The first kappa shape index (κ1) is 12.4. The minimum atomic E-state index is -0.304. The SMILES string of the molecule is C=CCC1=C(C(=O)OCC)[C@@H]2[C@H](C1=O)[C@@H]1C=C[C@H]2C1. The van der Waals surface area contributed by atoms with Gasteiger partial charge in [-0.05, 0) is 31.6 Å². The molecule has 0 spiro atoms. The van der Waals surface area contributed by atoms with Gasteiger partial charge >= 0.3 is 5.97 Å². The molecule has 4 atom stereocenters. The Bertz CT molecular complexity index is 512. The Kier molecular flexibility index (Phi) is 2.92. The molecule has 1 saturated carbocycles. The van der Waals surface area contributed by atoms with Gasteiger partial charge in [0.05, 0.1) is 6.61 Å². The van der Waals surface area contributed by atoms with Crippen LogP contribution in [0.25, 0.3) is 0 Å². The molecule has 0 radical (unpaired) electrons. The maximum absolute atomic E-state index is 12.5. The van der Waals surface area contributed by atoms with Gasteiger partial charge in [0.25, 0.3) is 0 Å². The fourth-order valence-electron chi connectivity index (χ4n) is 3.93. The van der Waals surface area contributed by atoms with Crippen molar-refractivity contribution in [2.75, 3.05) is 6.61 Å². The molecule has 3 nitrogen and oxygen atoms in total. The second-order valence-corrected chi connectivity index (χ2v) is 5.47. The zero-order chi connectivity index (χ0) is 13.6. The van der Waals surface area contributed by atoms with Crippen LogP contribution in [0, 0.1) is 23.7 Å². The van der Waals surface area contributed by atoms with Gasteiger partial charge in [-0.3, -0.25) is 4.79 Å². The zero-order valence-corrected chi connectivity index (χ0v) is 11.1. The molecule has 0 aromatic heterocycles. The lowest BCUT2D eigenvalue weighted by Crippen LogP contribution is -2.24. The summed E-state index contributed by atoms with van der Waals surface area (Å²) >= 11 is 0. The molecule has 19 heavy (non-hydrogen) atoms. The maximum Gasteiger partial charge on any atom is 0.334 e. The highest BCUT2D eigenvalue weighted by Gasteiger charge is 2.56.